The molecule has 0 bridgehead atoms. The van der Waals surface area contributed by atoms with E-state index in [9.17, 15) is 9.59 Å². The highest BCUT2D eigenvalue weighted by Crippen LogP contribution is 2.26. The fourth-order valence-electron chi connectivity index (χ4n) is 2.36. The number of thioether (sulfide) groups is 1. The third-order valence-electron chi connectivity index (χ3n) is 3.46. The van der Waals surface area contributed by atoms with Crippen LogP contribution in [0.25, 0.3) is 0 Å². The van der Waals surface area contributed by atoms with Crippen LogP contribution < -0.4 is 11.5 Å². The summed E-state index contributed by atoms with van der Waals surface area (Å²) in [6, 6.07) is 0. The molecule has 2 aromatic rings. The quantitative estimate of drug-likeness (QED) is 0.394. The highest BCUT2D eigenvalue weighted by atomic mass is 32.2. The molecule has 0 aliphatic carbocycles. The van der Waals surface area contributed by atoms with Gasteiger partial charge < -0.3 is 21.2 Å². The van der Waals surface area contributed by atoms with Crippen LogP contribution in [0.4, 0.5) is 11.9 Å². The van der Waals surface area contributed by atoms with Crippen molar-refractivity contribution in [2.45, 2.75) is 38.1 Å². The lowest BCUT2D eigenvalue weighted by Crippen LogP contribution is -2.16. The molecular weight excluding hydrogens is 344 g/mol. The van der Waals surface area contributed by atoms with E-state index in [1.54, 1.807) is 27.7 Å². The number of aromatic amines is 1. The number of Topliss-reactive ketones (excluding diaryl/α,β-unsaturated/α-hetero) is 1. The molecule has 2 aromatic heterocycles. The molecule has 0 spiro atoms. The van der Waals surface area contributed by atoms with Crippen LogP contribution in [0.15, 0.2) is 5.16 Å². The van der Waals surface area contributed by atoms with E-state index in [1.807, 2.05) is 0 Å². The second-order valence-corrected chi connectivity index (χ2v) is 6.61. The van der Waals surface area contributed by atoms with Gasteiger partial charge in [-0.15, -0.1) is 0 Å². The zero-order chi connectivity index (χ0) is 18.7. The van der Waals surface area contributed by atoms with Crippen molar-refractivity contribution in [3.8, 4) is 0 Å². The molecule has 25 heavy (non-hydrogen) atoms. The summed E-state index contributed by atoms with van der Waals surface area (Å²) in [4.78, 5) is 39.4. The number of nitrogen functional groups attached to an aromatic ring is 2. The Morgan fingerprint density at radius 2 is 1.80 bits per heavy atom. The van der Waals surface area contributed by atoms with Crippen molar-refractivity contribution < 1.29 is 14.3 Å². The molecule has 134 valence electrons. The molecule has 0 saturated heterocycles. The van der Waals surface area contributed by atoms with Crippen LogP contribution in [0.3, 0.4) is 0 Å². The van der Waals surface area contributed by atoms with Crippen LogP contribution in [0.5, 0.6) is 0 Å². The van der Waals surface area contributed by atoms with Crippen LogP contribution in [0, 0.1) is 13.8 Å². The number of carbonyl (C=O) groups excluding carboxylic acids is 2. The van der Waals surface area contributed by atoms with E-state index in [0.717, 1.165) is 11.8 Å². The maximum Gasteiger partial charge on any atom is 0.340 e. The van der Waals surface area contributed by atoms with E-state index in [4.69, 9.17) is 16.2 Å². The van der Waals surface area contributed by atoms with Crippen LogP contribution in [0.1, 0.15) is 46.0 Å². The second-order valence-electron chi connectivity index (χ2n) is 5.30. The van der Waals surface area contributed by atoms with E-state index < -0.39 is 11.2 Å². The van der Waals surface area contributed by atoms with E-state index in [2.05, 4.69) is 19.9 Å². The van der Waals surface area contributed by atoms with E-state index in [0.29, 0.717) is 22.5 Å². The van der Waals surface area contributed by atoms with Gasteiger partial charge >= 0.3 is 5.97 Å². The molecule has 2 heterocycles. The molecule has 0 amide bonds. The summed E-state index contributed by atoms with van der Waals surface area (Å²) in [7, 11) is 0. The fraction of sp³-hybridized carbons (Fsp3) is 0.400. The average molecular weight is 364 g/mol. The van der Waals surface area contributed by atoms with Crippen LogP contribution in [-0.2, 0) is 4.74 Å². The standard InChI is InChI=1S/C15H20N6O3S/c1-5-24-12(23)9-6(2)10(18-7(9)3)11(22)8(4)25-15-20-13(16)19-14(17)21-15/h8,18H,5H2,1-4H3,(H4,16,17,19,20,21)/t8-/m1/s1. The molecular formula is C15H20N6O3S. The number of nitrogens with zero attached hydrogens (tertiary/aromatic N) is 3. The van der Waals surface area contributed by atoms with Gasteiger partial charge in [-0.1, -0.05) is 11.8 Å². The third-order valence-corrected chi connectivity index (χ3v) is 4.43. The maximum absolute atomic E-state index is 12.7. The Balaban J connectivity index is 2.25. The number of ketones is 1. The van der Waals surface area contributed by atoms with Gasteiger partial charge in [0.15, 0.2) is 10.9 Å². The van der Waals surface area contributed by atoms with Gasteiger partial charge in [0.1, 0.15) is 0 Å². The molecule has 0 unspecified atom stereocenters. The highest BCUT2D eigenvalue weighted by molar-refractivity contribution is 8.00. The third kappa shape index (κ3) is 4.08. The minimum Gasteiger partial charge on any atom is -0.462 e. The summed E-state index contributed by atoms with van der Waals surface area (Å²) >= 11 is 1.11. The number of ether oxygens (including phenoxy) is 1. The Morgan fingerprint density at radius 3 is 2.36 bits per heavy atom. The minimum absolute atomic E-state index is 0.00820. The zero-order valence-electron chi connectivity index (χ0n) is 14.4. The van der Waals surface area contributed by atoms with Crippen LogP contribution in [-0.4, -0.2) is 43.5 Å². The smallest absolute Gasteiger partial charge is 0.340 e. The van der Waals surface area contributed by atoms with Gasteiger partial charge in [0.05, 0.1) is 23.1 Å². The van der Waals surface area contributed by atoms with Crippen molar-refractivity contribution in [1.82, 2.24) is 19.9 Å². The van der Waals surface area contributed by atoms with Gasteiger partial charge in [0.25, 0.3) is 0 Å². The number of nitrogens with two attached hydrogens (primary N) is 2. The summed E-state index contributed by atoms with van der Waals surface area (Å²) in [5, 5.41) is -0.259. The molecule has 5 N–H and O–H groups in total. The second kappa shape index (κ2) is 7.51. The first-order valence-corrected chi connectivity index (χ1v) is 8.46. The summed E-state index contributed by atoms with van der Waals surface area (Å²) < 4.78 is 5.03. The summed E-state index contributed by atoms with van der Waals surface area (Å²) in [5.74, 6) is -0.665. The Bertz CT molecular complexity index is 800. The van der Waals surface area contributed by atoms with Crippen molar-refractivity contribution in [3.05, 3.63) is 22.5 Å². The molecule has 0 fully saturated rings. The number of aromatic nitrogens is 4. The number of aryl methyl sites for hydroxylation is 1. The Kier molecular flexibility index (Phi) is 5.62. The van der Waals surface area contributed by atoms with Gasteiger partial charge in [0.2, 0.25) is 11.9 Å². The van der Waals surface area contributed by atoms with E-state index in [1.165, 1.54) is 0 Å². The number of rotatable bonds is 6. The van der Waals surface area contributed by atoms with Crippen molar-refractivity contribution in [2.24, 2.45) is 0 Å². The lowest BCUT2D eigenvalue weighted by molar-refractivity contribution is 0.0525. The van der Waals surface area contributed by atoms with Gasteiger partial charge in [-0.25, -0.2) is 4.79 Å². The van der Waals surface area contributed by atoms with Gasteiger partial charge in [0, 0.05) is 5.69 Å². The topological polar surface area (TPSA) is 150 Å². The first-order chi connectivity index (χ1) is 11.7. The van der Waals surface area contributed by atoms with Crippen molar-refractivity contribution in [2.75, 3.05) is 18.1 Å². The Morgan fingerprint density at radius 1 is 1.20 bits per heavy atom. The van der Waals surface area contributed by atoms with Gasteiger partial charge in [-0.2, -0.15) is 15.0 Å². The molecule has 0 aromatic carbocycles. The summed E-state index contributed by atoms with van der Waals surface area (Å²) in [5.41, 5.74) is 13.0. The lowest BCUT2D eigenvalue weighted by atomic mass is 10.1. The number of esters is 1. The maximum atomic E-state index is 12.7. The summed E-state index contributed by atoms with van der Waals surface area (Å²) in [6.45, 7) is 7.14. The molecule has 2 rings (SSSR count). The number of nitrogens with one attached hydrogen (secondary N) is 1. The SMILES string of the molecule is CCOC(=O)c1c(C)[nH]c(C(=O)[C@@H](C)Sc2nc(N)nc(N)n2)c1C. The monoisotopic (exact) mass is 364 g/mol. The predicted octanol–water partition coefficient (Wildman–Crippen LogP) is 1.52. The highest BCUT2D eigenvalue weighted by Gasteiger charge is 2.26. The van der Waals surface area contributed by atoms with E-state index >= 15 is 0 Å². The molecule has 1 atom stereocenters. The molecule has 0 saturated carbocycles. The summed E-state index contributed by atoms with van der Waals surface area (Å²) in [6.07, 6.45) is 0. The molecule has 0 aliphatic heterocycles. The fourth-order valence-corrected chi connectivity index (χ4v) is 3.20. The predicted molar refractivity (Wildman–Crippen MR) is 94.5 cm³/mol. The largest absolute Gasteiger partial charge is 0.462 e. The van der Waals surface area contributed by atoms with Crippen LogP contribution in [0.2, 0.25) is 0 Å². The average Bonchev–Trinajstić information content (AvgIpc) is 2.80. The van der Waals surface area contributed by atoms with Crippen molar-refractivity contribution in [1.29, 1.82) is 0 Å². The first kappa shape index (κ1) is 18.7. The number of H-pyrrole nitrogens is 1. The zero-order valence-corrected chi connectivity index (χ0v) is 15.2. The van der Waals surface area contributed by atoms with E-state index in [-0.39, 0.29) is 29.4 Å². The minimum atomic E-state index is -0.520. The number of carbonyl (C=O) groups is 2. The van der Waals surface area contributed by atoms with Gasteiger partial charge in [-0.3, -0.25) is 4.79 Å². The van der Waals surface area contributed by atoms with Gasteiger partial charge in [-0.05, 0) is 33.3 Å². The van der Waals surface area contributed by atoms with Crippen LogP contribution >= 0.6 is 11.8 Å². The number of hydrogen-bond acceptors (Lipinski definition) is 9. The number of hydrogen-bond donors (Lipinski definition) is 3. The molecule has 10 heteroatoms. The van der Waals surface area contributed by atoms with Crippen molar-refractivity contribution >= 4 is 35.4 Å². The Hall–Kier alpha value is -2.62. The van der Waals surface area contributed by atoms with Crippen molar-refractivity contribution in [3.63, 3.8) is 0 Å². The number of anilines is 2. The first-order valence-electron chi connectivity index (χ1n) is 7.58. The molecule has 9 nitrogen and oxygen atoms in total. The molecule has 0 aliphatic rings. The molecule has 0 radical (unpaired) electrons. The normalized spacial score (nSPS) is 12.0. The lowest BCUT2D eigenvalue weighted by Gasteiger charge is -2.09. The Labute approximate surface area is 149 Å².